The third-order valence-electron chi connectivity index (χ3n) is 4.27. The lowest BCUT2D eigenvalue weighted by atomic mass is 10.1. The number of amides is 1. The van der Waals surface area contributed by atoms with Crippen LogP contribution in [0, 0.1) is 0 Å². The van der Waals surface area contributed by atoms with E-state index in [2.05, 4.69) is 26.3 Å². The second-order valence-electron chi connectivity index (χ2n) is 5.89. The Morgan fingerprint density at radius 3 is 2.89 bits per heavy atom. The second-order valence-corrected chi connectivity index (χ2v) is 7.54. The molecule has 0 saturated carbocycles. The van der Waals surface area contributed by atoms with Gasteiger partial charge in [-0.25, -0.2) is 5.01 Å². The number of ether oxygens (including phenoxy) is 1. The van der Waals surface area contributed by atoms with Crippen molar-refractivity contribution in [3.05, 3.63) is 63.1 Å². The summed E-state index contributed by atoms with van der Waals surface area (Å²) < 4.78 is 6.53. The Balaban J connectivity index is 1.96. The van der Waals surface area contributed by atoms with E-state index < -0.39 is 6.17 Å². The van der Waals surface area contributed by atoms with E-state index >= 15 is 0 Å². The zero-order chi connectivity index (χ0) is 19.0. The number of thioether (sulfide) groups is 1. The smallest absolute Gasteiger partial charge is 0.276 e. The monoisotopic (exact) mass is 444 g/mol. The van der Waals surface area contributed by atoms with E-state index in [-0.39, 0.29) is 5.91 Å². The molecule has 2 aromatic carbocycles. The first-order chi connectivity index (χ1) is 13.1. The highest BCUT2D eigenvalue weighted by Crippen LogP contribution is 2.36. The zero-order valence-corrected chi connectivity index (χ0v) is 17.2. The lowest BCUT2D eigenvalue weighted by Crippen LogP contribution is -2.50. The molecular weight excluding hydrogens is 428 g/mol. The number of hydrazone groups is 1. The molecule has 0 radical (unpaired) electrons. The van der Waals surface area contributed by atoms with E-state index in [1.165, 1.54) is 11.8 Å². The molecule has 1 N–H and O–H groups in total. The number of carbonyl (C=O) groups excluding carboxylic acids is 1. The second kappa shape index (κ2) is 7.36. The summed E-state index contributed by atoms with van der Waals surface area (Å²) in [5.74, 6) is 0.570. The van der Waals surface area contributed by atoms with Gasteiger partial charge in [0.2, 0.25) is 0 Å². The molecule has 2 aromatic rings. The van der Waals surface area contributed by atoms with Gasteiger partial charge in [0.15, 0.2) is 11.3 Å². The molecule has 2 heterocycles. The van der Waals surface area contributed by atoms with Gasteiger partial charge >= 0.3 is 0 Å². The van der Waals surface area contributed by atoms with Gasteiger partial charge in [-0.1, -0.05) is 45.9 Å². The Morgan fingerprint density at radius 1 is 1.30 bits per heavy atom. The Labute approximate surface area is 169 Å². The highest BCUT2D eigenvalue weighted by Gasteiger charge is 2.35. The fourth-order valence-electron chi connectivity index (χ4n) is 3.10. The number of amidine groups is 1. The summed E-state index contributed by atoms with van der Waals surface area (Å²) in [6.07, 6.45) is 1.40. The van der Waals surface area contributed by atoms with Crippen molar-refractivity contribution in [2.75, 3.05) is 12.9 Å². The van der Waals surface area contributed by atoms with Crippen LogP contribution in [0.4, 0.5) is 0 Å². The summed E-state index contributed by atoms with van der Waals surface area (Å²) in [5.41, 5.74) is 1.38. The number of benzene rings is 2. The summed E-state index contributed by atoms with van der Waals surface area (Å²) in [5, 5.41) is 11.3. The summed E-state index contributed by atoms with van der Waals surface area (Å²) >= 11 is 5.00. The van der Waals surface area contributed by atoms with Crippen molar-refractivity contribution in [2.45, 2.75) is 13.1 Å². The van der Waals surface area contributed by atoms with Crippen molar-refractivity contribution in [2.24, 2.45) is 10.1 Å². The van der Waals surface area contributed by atoms with Crippen LogP contribution in [0.3, 0.4) is 0 Å². The molecule has 0 unspecified atom stereocenters. The highest BCUT2D eigenvalue weighted by molar-refractivity contribution is 9.10. The zero-order valence-electron chi connectivity index (χ0n) is 14.8. The average molecular weight is 445 g/mol. The molecule has 1 amide bonds. The number of carbonyl (C=O) groups is 1. The first kappa shape index (κ1) is 18.1. The molecule has 8 heteroatoms. The SMILES string of the molecule is CCOc1ccc(Br)c([C@H]2N=c3ccccc3=C3C(=O)NC(SC)=NN32)c1. The maximum Gasteiger partial charge on any atom is 0.276 e. The van der Waals surface area contributed by atoms with Gasteiger partial charge in [-0.3, -0.25) is 15.1 Å². The number of fused-ring (bicyclic) bond motifs is 2. The van der Waals surface area contributed by atoms with E-state index in [1.54, 1.807) is 5.01 Å². The van der Waals surface area contributed by atoms with Crippen LogP contribution in [0.2, 0.25) is 0 Å². The molecule has 2 aliphatic heterocycles. The van der Waals surface area contributed by atoms with Crippen LogP contribution in [-0.4, -0.2) is 28.9 Å². The average Bonchev–Trinajstić information content (AvgIpc) is 2.68. The van der Waals surface area contributed by atoms with Crippen molar-refractivity contribution in [3.63, 3.8) is 0 Å². The number of rotatable bonds is 3. The number of halogens is 1. The molecule has 6 nitrogen and oxygen atoms in total. The van der Waals surface area contributed by atoms with Crippen molar-refractivity contribution in [1.82, 2.24) is 10.3 Å². The Hall–Kier alpha value is -2.32. The highest BCUT2D eigenvalue weighted by atomic mass is 79.9. The van der Waals surface area contributed by atoms with Gasteiger partial charge in [-0.15, -0.1) is 5.10 Å². The van der Waals surface area contributed by atoms with E-state index in [0.717, 1.165) is 26.4 Å². The van der Waals surface area contributed by atoms with Crippen LogP contribution in [0.25, 0.3) is 5.70 Å². The third-order valence-corrected chi connectivity index (χ3v) is 5.56. The van der Waals surface area contributed by atoms with Gasteiger partial charge in [0.05, 0.1) is 12.0 Å². The van der Waals surface area contributed by atoms with Gasteiger partial charge in [-0.2, -0.15) is 0 Å². The molecule has 0 bridgehead atoms. The minimum absolute atomic E-state index is 0.182. The van der Waals surface area contributed by atoms with Crippen LogP contribution in [-0.2, 0) is 4.79 Å². The van der Waals surface area contributed by atoms with Gasteiger partial charge in [0, 0.05) is 15.3 Å². The predicted octanol–water partition coefficient (Wildman–Crippen LogP) is 2.35. The van der Waals surface area contributed by atoms with Crippen LogP contribution in [0.5, 0.6) is 5.75 Å². The molecule has 27 heavy (non-hydrogen) atoms. The molecule has 2 aliphatic rings. The van der Waals surface area contributed by atoms with Gasteiger partial charge in [-0.05, 0) is 37.4 Å². The number of hydrogen-bond acceptors (Lipinski definition) is 6. The summed E-state index contributed by atoms with van der Waals surface area (Å²) in [7, 11) is 0. The van der Waals surface area contributed by atoms with Crippen molar-refractivity contribution in [1.29, 1.82) is 0 Å². The van der Waals surface area contributed by atoms with E-state index in [1.807, 2.05) is 55.6 Å². The van der Waals surface area contributed by atoms with Crippen molar-refractivity contribution < 1.29 is 9.53 Å². The standard InChI is InChI=1S/C19H17BrN4O2S/c1-3-26-11-8-9-14(20)13(10-11)17-21-15-7-5-4-6-12(15)16-18(25)22-19(27-2)23-24(16)17/h4-10,17H,3H2,1-2H3,(H,22,23,25)/t17-/m0/s1. The largest absolute Gasteiger partial charge is 0.494 e. The topological polar surface area (TPSA) is 66.3 Å². The molecule has 0 saturated heterocycles. The van der Waals surface area contributed by atoms with E-state index in [0.29, 0.717) is 17.5 Å². The summed E-state index contributed by atoms with van der Waals surface area (Å²) in [4.78, 5) is 17.7. The normalized spacial score (nSPS) is 18.1. The summed E-state index contributed by atoms with van der Waals surface area (Å²) in [6.45, 7) is 2.52. The quantitative estimate of drug-likeness (QED) is 0.788. The Kier molecular flexibility index (Phi) is 4.92. The molecule has 0 aromatic heterocycles. The fourth-order valence-corrected chi connectivity index (χ4v) is 3.91. The molecule has 0 fully saturated rings. The van der Waals surface area contributed by atoms with Crippen LogP contribution in [0.15, 0.2) is 57.0 Å². The number of nitrogens with one attached hydrogen (secondary N) is 1. The van der Waals surface area contributed by atoms with Crippen molar-refractivity contribution >= 4 is 44.5 Å². The van der Waals surface area contributed by atoms with E-state index in [4.69, 9.17) is 9.73 Å². The minimum Gasteiger partial charge on any atom is -0.494 e. The maximum atomic E-state index is 12.8. The molecule has 0 aliphatic carbocycles. The number of nitrogens with zero attached hydrogens (tertiary/aromatic N) is 3. The Bertz CT molecular complexity index is 1070. The summed E-state index contributed by atoms with van der Waals surface area (Å²) in [6, 6.07) is 13.4. The van der Waals surface area contributed by atoms with Gasteiger partial charge < -0.3 is 4.74 Å². The number of hydrogen-bond donors (Lipinski definition) is 1. The van der Waals surface area contributed by atoms with Gasteiger partial charge in [0.25, 0.3) is 5.91 Å². The van der Waals surface area contributed by atoms with Crippen LogP contribution < -0.4 is 20.6 Å². The fraction of sp³-hybridized carbons (Fsp3) is 0.211. The maximum absolute atomic E-state index is 12.8. The van der Waals surface area contributed by atoms with Gasteiger partial charge in [0.1, 0.15) is 11.4 Å². The number of para-hydroxylation sites is 1. The molecule has 0 spiro atoms. The minimum atomic E-state index is -0.474. The lowest BCUT2D eigenvalue weighted by Gasteiger charge is -2.34. The molecule has 4 rings (SSSR count). The predicted molar refractivity (Wildman–Crippen MR) is 110 cm³/mol. The molecule has 1 atom stereocenters. The first-order valence-corrected chi connectivity index (χ1v) is 10.5. The first-order valence-electron chi connectivity index (χ1n) is 8.45. The third kappa shape index (κ3) is 3.23. The lowest BCUT2D eigenvalue weighted by molar-refractivity contribution is -0.116. The van der Waals surface area contributed by atoms with E-state index in [9.17, 15) is 4.79 Å². The molecule has 138 valence electrons. The molecular formula is C19H17BrN4O2S. The van der Waals surface area contributed by atoms with Crippen LogP contribution >= 0.6 is 27.7 Å². The Morgan fingerprint density at radius 2 is 2.11 bits per heavy atom. The van der Waals surface area contributed by atoms with Crippen molar-refractivity contribution in [3.8, 4) is 5.75 Å². The van der Waals surface area contributed by atoms with Crippen LogP contribution in [0.1, 0.15) is 18.7 Å².